The number of rotatable bonds is 4. The highest BCUT2D eigenvalue weighted by Gasteiger charge is 2.20. The topological polar surface area (TPSA) is 128 Å². The molecule has 0 bridgehead atoms. The molecule has 0 saturated heterocycles. The van der Waals surface area contributed by atoms with Crippen LogP contribution in [0.5, 0.6) is 0 Å². The van der Waals surface area contributed by atoms with Gasteiger partial charge in [-0.2, -0.15) is 5.10 Å². The third-order valence-electron chi connectivity index (χ3n) is 3.75. The minimum Gasteiger partial charge on any atom is -0.267 e. The van der Waals surface area contributed by atoms with E-state index in [4.69, 9.17) is 0 Å². The van der Waals surface area contributed by atoms with E-state index in [0.717, 1.165) is 49.6 Å². The van der Waals surface area contributed by atoms with Crippen LogP contribution >= 0.6 is 0 Å². The van der Waals surface area contributed by atoms with Crippen molar-refractivity contribution < 1.29 is 14.6 Å². The van der Waals surface area contributed by atoms with Crippen molar-refractivity contribution in [3.8, 4) is 0 Å². The van der Waals surface area contributed by atoms with E-state index >= 15 is 0 Å². The maximum atomic E-state index is 12.0. The Hall–Kier alpha value is -2.84. The Kier molecular flexibility index (Phi) is 4.99. The van der Waals surface area contributed by atoms with E-state index in [1.165, 1.54) is 0 Å². The van der Waals surface area contributed by atoms with E-state index < -0.39 is 27.1 Å². The summed E-state index contributed by atoms with van der Waals surface area (Å²) in [4.78, 5) is 32.1. The molecule has 1 amide bonds. The minimum atomic E-state index is -0.780. The highest BCUT2D eigenvalue weighted by molar-refractivity contribution is 5.96. The number of carbonyl (C=O) groups excluding carboxylic acids is 1. The Balaban J connectivity index is 2.17. The molecule has 0 aromatic heterocycles. The highest BCUT2D eigenvalue weighted by Crippen LogP contribution is 2.23. The summed E-state index contributed by atoms with van der Waals surface area (Å²) in [6, 6.07) is 2.79. The van der Waals surface area contributed by atoms with Gasteiger partial charge in [0.05, 0.1) is 21.5 Å². The van der Waals surface area contributed by atoms with Crippen LogP contribution in [0.15, 0.2) is 23.3 Å². The second-order valence-corrected chi connectivity index (χ2v) is 5.55. The lowest BCUT2D eigenvalue weighted by Gasteiger charge is -2.18. The Morgan fingerprint density at radius 1 is 1.13 bits per heavy atom. The van der Waals surface area contributed by atoms with Gasteiger partial charge in [-0.3, -0.25) is 25.0 Å². The van der Waals surface area contributed by atoms with E-state index in [-0.39, 0.29) is 5.56 Å². The van der Waals surface area contributed by atoms with Crippen LogP contribution in [-0.2, 0) is 0 Å². The van der Waals surface area contributed by atoms with Crippen molar-refractivity contribution in [3.63, 3.8) is 0 Å². The molecule has 1 aromatic carbocycles. The van der Waals surface area contributed by atoms with Crippen molar-refractivity contribution in [2.24, 2.45) is 11.0 Å². The zero-order chi connectivity index (χ0) is 17.0. The van der Waals surface area contributed by atoms with E-state index in [1.807, 2.05) is 0 Å². The van der Waals surface area contributed by atoms with Crippen LogP contribution in [0.3, 0.4) is 0 Å². The zero-order valence-corrected chi connectivity index (χ0v) is 12.5. The summed E-state index contributed by atoms with van der Waals surface area (Å²) in [6.45, 7) is 2.15. The molecule has 1 aromatic rings. The smallest absolute Gasteiger partial charge is 0.267 e. The van der Waals surface area contributed by atoms with Crippen LogP contribution < -0.4 is 5.43 Å². The Morgan fingerprint density at radius 2 is 1.65 bits per heavy atom. The number of hydrogen-bond donors (Lipinski definition) is 1. The third-order valence-corrected chi connectivity index (χ3v) is 3.75. The van der Waals surface area contributed by atoms with Crippen molar-refractivity contribution in [1.29, 1.82) is 0 Å². The molecule has 1 aliphatic rings. The zero-order valence-electron chi connectivity index (χ0n) is 12.5. The standard InChI is InChI=1S/C14H16N4O5/c1-9-2-4-11(5-3-9)15-16-14(19)10-6-12(17(20)21)8-13(7-10)18(22)23/h6-9H,2-5H2,1H3,(H,16,19). The summed E-state index contributed by atoms with van der Waals surface area (Å²) in [5, 5.41) is 25.6. The van der Waals surface area contributed by atoms with Crippen LogP contribution in [-0.4, -0.2) is 21.5 Å². The first-order chi connectivity index (χ1) is 10.9. The summed E-state index contributed by atoms with van der Waals surface area (Å²) < 4.78 is 0. The molecule has 2 rings (SSSR count). The Labute approximate surface area is 131 Å². The van der Waals surface area contributed by atoms with Crippen LogP contribution in [0.1, 0.15) is 43.0 Å². The third kappa shape index (κ3) is 4.31. The lowest BCUT2D eigenvalue weighted by molar-refractivity contribution is -0.394. The Morgan fingerprint density at radius 3 is 2.13 bits per heavy atom. The lowest BCUT2D eigenvalue weighted by atomic mass is 9.90. The van der Waals surface area contributed by atoms with Crippen molar-refractivity contribution in [3.05, 3.63) is 44.0 Å². The number of benzene rings is 1. The van der Waals surface area contributed by atoms with Gasteiger partial charge in [0.25, 0.3) is 17.3 Å². The molecule has 122 valence electrons. The second kappa shape index (κ2) is 6.95. The fourth-order valence-electron chi connectivity index (χ4n) is 2.34. The first-order valence-corrected chi connectivity index (χ1v) is 7.16. The molecular formula is C14H16N4O5. The quantitative estimate of drug-likeness (QED) is 0.673. The SMILES string of the molecule is CC1CCC(=NNC(=O)c2cc([N+](=O)[O-])cc([N+](=O)[O-])c2)CC1. The van der Waals surface area contributed by atoms with E-state index in [9.17, 15) is 25.0 Å². The lowest BCUT2D eigenvalue weighted by Crippen LogP contribution is -2.22. The van der Waals surface area contributed by atoms with Gasteiger partial charge in [0.2, 0.25) is 0 Å². The molecular weight excluding hydrogens is 304 g/mol. The van der Waals surface area contributed by atoms with Crippen molar-refractivity contribution in [2.45, 2.75) is 32.6 Å². The molecule has 0 radical (unpaired) electrons. The molecule has 0 aliphatic heterocycles. The monoisotopic (exact) mass is 320 g/mol. The normalized spacial score (nSPS) is 17.4. The van der Waals surface area contributed by atoms with Gasteiger partial charge in [-0.05, 0) is 31.6 Å². The van der Waals surface area contributed by atoms with Gasteiger partial charge < -0.3 is 0 Å². The molecule has 1 saturated carbocycles. The van der Waals surface area contributed by atoms with Gasteiger partial charge in [-0.15, -0.1) is 0 Å². The number of nitro benzene ring substituents is 2. The van der Waals surface area contributed by atoms with Crippen molar-refractivity contribution >= 4 is 23.0 Å². The molecule has 9 nitrogen and oxygen atoms in total. The summed E-state index contributed by atoms with van der Waals surface area (Å²) in [6.07, 6.45) is 3.57. The maximum absolute atomic E-state index is 12.0. The number of nitrogens with one attached hydrogen (secondary N) is 1. The van der Waals surface area contributed by atoms with Crippen LogP contribution in [0.4, 0.5) is 11.4 Å². The van der Waals surface area contributed by atoms with Crippen LogP contribution in [0.25, 0.3) is 0 Å². The number of hydrogen-bond acceptors (Lipinski definition) is 6. The van der Waals surface area contributed by atoms with Crippen molar-refractivity contribution in [1.82, 2.24) is 5.43 Å². The number of nitrogens with zero attached hydrogens (tertiary/aromatic N) is 3. The maximum Gasteiger partial charge on any atom is 0.277 e. The van der Waals surface area contributed by atoms with Gasteiger partial charge >= 0.3 is 0 Å². The number of carbonyl (C=O) groups is 1. The van der Waals surface area contributed by atoms with E-state index in [0.29, 0.717) is 5.92 Å². The number of nitro groups is 2. The summed E-state index contributed by atoms with van der Waals surface area (Å²) in [7, 11) is 0. The molecule has 23 heavy (non-hydrogen) atoms. The predicted molar refractivity (Wildman–Crippen MR) is 82.3 cm³/mol. The summed E-state index contributed by atoms with van der Waals surface area (Å²) >= 11 is 0. The first-order valence-electron chi connectivity index (χ1n) is 7.16. The molecule has 0 atom stereocenters. The van der Waals surface area contributed by atoms with E-state index in [1.54, 1.807) is 0 Å². The average molecular weight is 320 g/mol. The minimum absolute atomic E-state index is 0.167. The van der Waals surface area contributed by atoms with Gasteiger partial charge in [-0.25, -0.2) is 5.43 Å². The van der Waals surface area contributed by atoms with Gasteiger partial charge in [-0.1, -0.05) is 6.92 Å². The molecule has 1 aliphatic carbocycles. The van der Waals surface area contributed by atoms with E-state index in [2.05, 4.69) is 17.5 Å². The predicted octanol–water partition coefficient (Wildman–Crippen LogP) is 2.80. The van der Waals surface area contributed by atoms with Gasteiger partial charge in [0.1, 0.15) is 0 Å². The molecule has 0 unspecified atom stereocenters. The fourth-order valence-corrected chi connectivity index (χ4v) is 2.34. The first kappa shape index (κ1) is 16.5. The fraction of sp³-hybridized carbons (Fsp3) is 0.429. The number of hydrazone groups is 1. The Bertz CT molecular complexity index is 643. The van der Waals surface area contributed by atoms with Gasteiger partial charge in [0.15, 0.2) is 0 Å². The molecule has 9 heteroatoms. The van der Waals surface area contributed by atoms with Crippen LogP contribution in [0.2, 0.25) is 0 Å². The molecule has 0 spiro atoms. The number of non-ortho nitro benzene ring substituents is 2. The molecule has 0 heterocycles. The highest BCUT2D eigenvalue weighted by atomic mass is 16.6. The summed E-state index contributed by atoms with van der Waals surface area (Å²) in [5.41, 5.74) is 1.99. The number of amides is 1. The largest absolute Gasteiger partial charge is 0.277 e. The summed E-state index contributed by atoms with van der Waals surface area (Å²) in [5.74, 6) is -0.0769. The second-order valence-electron chi connectivity index (χ2n) is 5.55. The van der Waals surface area contributed by atoms with Gasteiger partial charge in [0, 0.05) is 17.8 Å². The average Bonchev–Trinajstić information content (AvgIpc) is 2.53. The van der Waals surface area contributed by atoms with Crippen LogP contribution in [0, 0.1) is 26.1 Å². The molecule has 1 N–H and O–H groups in total. The molecule has 1 fully saturated rings. The van der Waals surface area contributed by atoms with Crippen molar-refractivity contribution in [2.75, 3.05) is 0 Å².